The zero-order valence-electron chi connectivity index (χ0n) is 8.93. The average Bonchev–Trinajstić information content (AvgIpc) is 2.40. The number of nitrogens with zero attached hydrogens (tertiary/aromatic N) is 1. The van der Waals surface area contributed by atoms with Crippen LogP contribution in [0.4, 0.5) is 0 Å². The molecule has 0 fully saturated rings. The summed E-state index contributed by atoms with van der Waals surface area (Å²) >= 11 is 0. The molecule has 0 unspecified atom stereocenters. The van der Waals surface area contributed by atoms with E-state index in [0.717, 1.165) is 5.69 Å². The summed E-state index contributed by atoms with van der Waals surface area (Å²) in [5.41, 5.74) is 0.940. The molecule has 0 radical (unpaired) electrons. The molecule has 0 saturated carbocycles. The van der Waals surface area contributed by atoms with E-state index in [1.165, 1.54) is 6.39 Å². The molecule has 2 nitrogen and oxygen atoms in total. The molecule has 0 aliphatic rings. The van der Waals surface area contributed by atoms with Gasteiger partial charge in [-0.25, -0.2) is 0 Å². The molecular formula is C9H16NORb. The van der Waals surface area contributed by atoms with Crippen molar-refractivity contribution < 1.29 is 62.6 Å². The Morgan fingerprint density at radius 3 is 2.00 bits per heavy atom. The van der Waals surface area contributed by atoms with Crippen LogP contribution in [-0.4, -0.2) is 4.98 Å². The van der Waals surface area contributed by atoms with Crippen LogP contribution in [0.5, 0.6) is 0 Å². The number of hydrogen-bond donors (Lipinski definition) is 0. The van der Waals surface area contributed by atoms with E-state index in [4.69, 9.17) is 4.42 Å². The normalized spacial score (nSPS) is 9.42. The quantitative estimate of drug-likeness (QED) is 0.587. The average molecular weight is 240 g/mol. The Balaban J connectivity index is 0. The molecule has 12 heavy (non-hydrogen) atoms. The molecule has 0 atom stereocenters. The van der Waals surface area contributed by atoms with Gasteiger partial charge in [0.25, 0.3) is 0 Å². The summed E-state index contributed by atoms with van der Waals surface area (Å²) in [6, 6.07) is 0. The maximum Gasteiger partial charge on any atom is 1.00 e. The Hall–Kier alpha value is 1.02. The fourth-order valence-electron chi connectivity index (χ4n) is 0.534. The van der Waals surface area contributed by atoms with Crippen LogP contribution in [0.25, 0.3) is 0 Å². The number of oxazole rings is 1. The van der Waals surface area contributed by atoms with Crippen LogP contribution in [0.2, 0.25) is 0 Å². The molecule has 0 aliphatic heterocycles. The third kappa shape index (κ3) is 5.62. The van der Waals surface area contributed by atoms with Crippen LogP contribution in [0.1, 0.15) is 40.3 Å². The van der Waals surface area contributed by atoms with Crippen molar-refractivity contribution in [2.45, 2.75) is 40.0 Å². The van der Waals surface area contributed by atoms with E-state index in [1.54, 1.807) is 0 Å². The zero-order chi connectivity index (χ0) is 8.91. The Labute approximate surface area is 124 Å². The van der Waals surface area contributed by atoms with Gasteiger partial charge in [-0.05, 0) is 11.1 Å². The summed E-state index contributed by atoms with van der Waals surface area (Å²) < 4.78 is 4.70. The van der Waals surface area contributed by atoms with Crippen LogP contribution >= 0.6 is 0 Å². The van der Waals surface area contributed by atoms with Crippen LogP contribution in [0.3, 0.4) is 0 Å². The van der Waals surface area contributed by atoms with E-state index in [-0.39, 0.29) is 63.6 Å². The molecule has 0 N–H and O–H groups in total. The van der Waals surface area contributed by atoms with Gasteiger partial charge in [0.2, 0.25) is 0 Å². The number of aromatic nitrogens is 1. The van der Waals surface area contributed by atoms with Crippen LogP contribution in [-0.2, 0) is 5.41 Å². The summed E-state index contributed by atoms with van der Waals surface area (Å²) in [5, 5.41) is 0. The van der Waals surface area contributed by atoms with E-state index in [9.17, 15) is 0 Å². The Kier molecular flexibility index (Phi) is 9.58. The van der Waals surface area contributed by atoms with Crippen molar-refractivity contribution >= 4 is 0 Å². The van der Waals surface area contributed by atoms with Crippen molar-refractivity contribution in [2.75, 3.05) is 0 Å². The monoisotopic (exact) mass is 239 g/mol. The fourth-order valence-corrected chi connectivity index (χ4v) is 0.534. The zero-order valence-corrected chi connectivity index (χ0v) is 13.8. The second-order valence-electron chi connectivity index (χ2n) is 3.05. The van der Waals surface area contributed by atoms with Gasteiger partial charge < -0.3 is 9.40 Å². The first-order valence-electron chi connectivity index (χ1n) is 3.92. The molecule has 1 heterocycles. The molecule has 1 aromatic rings. The molecule has 1 aromatic heterocycles. The molecule has 1 rings (SSSR count). The van der Waals surface area contributed by atoms with Crippen LogP contribution in [0, 0.1) is 6.26 Å². The summed E-state index contributed by atoms with van der Waals surface area (Å²) in [6.45, 7) is 10.2. The van der Waals surface area contributed by atoms with Gasteiger partial charge in [-0.15, -0.1) is 0 Å². The predicted molar refractivity (Wildman–Crippen MR) is 45.4 cm³/mol. The minimum absolute atomic E-state index is 0. The summed E-state index contributed by atoms with van der Waals surface area (Å²) in [4.78, 5) is 3.97. The van der Waals surface area contributed by atoms with Gasteiger partial charge in [-0.3, -0.25) is 0 Å². The van der Waals surface area contributed by atoms with Crippen molar-refractivity contribution in [3.63, 3.8) is 0 Å². The largest absolute Gasteiger partial charge is 1.00 e. The Bertz CT molecular complexity index is 177. The summed E-state index contributed by atoms with van der Waals surface area (Å²) in [7, 11) is 0. The third-order valence-electron chi connectivity index (χ3n) is 1.10. The minimum atomic E-state index is 0. The first-order valence-corrected chi connectivity index (χ1v) is 3.92. The standard InChI is InChI=1S/C7H10NO.C2H6.Rb/c1-7(2,3)6-4-9-5-8-6;1-2;/h5H,1-3H3;1-2H3;/q-1;;+1. The predicted octanol–water partition coefficient (Wildman–Crippen LogP) is -0.198. The van der Waals surface area contributed by atoms with Crippen LogP contribution in [0.15, 0.2) is 10.8 Å². The van der Waals surface area contributed by atoms with E-state index in [0.29, 0.717) is 0 Å². The van der Waals surface area contributed by atoms with Gasteiger partial charge >= 0.3 is 58.2 Å². The molecule has 3 heteroatoms. The van der Waals surface area contributed by atoms with E-state index in [2.05, 4.69) is 32.0 Å². The van der Waals surface area contributed by atoms with Gasteiger partial charge in [0.1, 0.15) is 0 Å². The SMILES string of the molecule is CC.CC(C)(C)c1[c-]ocn1.[Rb+]. The Morgan fingerprint density at radius 1 is 1.33 bits per heavy atom. The first-order chi connectivity index (χ1) is 5.11. The van der Waals surface area contributed by atoms with Gasteiger partial charge in [-0.1, -0.05) is 40.9 Å². The third-order valence-corrected chi connectivity index (χ3v) is 1.10. The molecule has 0 saturated heterocycles. The van der Waals surface area contributed by atoms with Crippen LogP contribution < -0.4 is 58.2 Å². The van der Waals surface area contributed by atoms with E-state index in [1.807, 2.05) is 13.8 Å². The topological polar surface area (TPSA) is 26.0 Å². The Morgan fingerprint density at radius 2 is 1.83 bits per heavy atom. The number of rotatable bonds is 0. The molecule has 0 amide bonds. The second-order valence-corrected chi connectivity index (χ2v) is 3.05. The maximum atomic E-state index is 4.70. The molecule has 0 spiro atoms. The molecule has 64 valence electrons. The van der Waals surface area contributed by atoms with Crippen molar-refractivity contribution in [1.82, 2.24) is 4.98 Å². The van der Waals surface area contributed by atoms with E-state index >= 15 is 0 Å². The second kappa shape index (κ2) is 7.42. The summed E-state index contributed by atoms with van der Waals surface area (Å²) in [6.07, 6.45) is 4.09. The fraction of sp³-hybridized carbons (Fsp3) is 0.667. The van der Waals surface area contributed by atoms with Crippen molar-refractivity contribution in [3.8, 4) is 0 Å². The van der Waals surface area contributed by atoms with E-state index < -0.39 is 0 Å². The molecule has 0 bridgehead atoms. The van der Waals surface area contributed by atoms with Gasteiger partial charge in [0, 0.05) is 6.39 Å². The summed E-state index contributed by atoms with van der Waals surface area (Å²) in [5.74, 6) is 0. The van der Waals surface area contributed by atoms with Crippen molar-refractivity contribution in [1.29, 1.82) is 0 Å². The van der Waals surface area contributed by atoms with Crippen molar-refractivity contribution in [3.05, 3.63) is 18.4 Å². The molecular weight excluding hydrogens is 224 g/mol. The molecule has 0 aliphatic carbocycles. The van der Waals surface area contributed by atoms with Gasteiger partial charge in [-0.2, -0.15) is 0 Å². The first kappa shape index (κ1) is 15.5. The van der Waals surface area contributed by atoms with Gasteiger partial charge in [0.15, 0.2) is 0 Å². The number of hydrogen-bond acceptors (Lipinski definition) is 2. The van der Waals surface area contributed by atoms with Gasteiger partial charge in [0.05, 0.1) is 0 Å². The minimum Gasteiger partial charge on any atom is -0.632 e. The van der Waals surface area contributed by atoms with Crippen molar-refractivity contribution in [2.24, 2.45) is 0 Å². The maximum absolute atomic E-state index is 4.70. The molecule has 0 aromatic carbocycles. The smallest absolute Gasteiger partial charge is 0.632 e.